The maximum Gasteiger partial charge on any atom is 0.363 e. The summed E-state index contributed by atoms with van der Waals surface area (Å²) < 4.78 is 52.8. The molecule has 6 nitrogen and oxygen atoms in total. The van der Waals surface area contributed by atoms with Crippen molar-refractivity contribution < 1.29 is 27.2 Å². The highest BCUT2D eigenvalue weighted by atomic mass is 79.9. The fourth-order valence-electron chi connectivity index (χ4n) is 2.91. The molecule has 0 aliphatic heterocycles. The Morgan fingerprint density at radius 1 is 0.909 bits per heavy atom. The molecule has 2 rings (SSSR count). The number of halogens is 2. The molecule has 13 heteroatoms. The van der Waals surface area contributed by atoms with Crippen LogP contribution in [0.5, 0.6) is 0 Å². The highest BCUT2D eigenvalue weighted by Crippen LogP contribution is 2.59. The molecule has 33 heavy (non-hydrogen) atoms. The van der Waals surface area contributed by atoms with Crippen molar-refractivity contribution in [3.05, 3.63) is 37.8 Å². The molecule has 2 heterocycles. The molecule has 0 aromatic carbocycles. The average molecular weight is 680 g/mol. The van der Waals surface area contributed by atoms with Crippen LogP contribution >= 0.6 is 81.5 Å². The largest absolute Gasteiger partial charge is 0.363 e. The van der Waals surface area contributed by atoms with Crippen LogP contribution in [-0.2, 0) is 27.2 Å². The average Bonchev–Trinajstić information content (AvgIpc) is 3.32. The van der Waals surface area contributed by atoms with E-state index in [0.29, 0.717) is 18.5 Å². The summed E-state index contributed by atoms with van der Waals surface area (Å²) in [4.78, 5) is 2.51. The van der Waals surface area contributed by atoms with Gasteiger partial charge in [-0.2, -0.15) is 0 Å². The number of rotatable bonds is 14. The van der Waals surface area contributed by atoms with Crippen LogP contribution < -0.4 is 10.6 Å². The minimum absolute atomic E-state index is 0.129. The monoisotopic (exact) mass is 678 g/mol. The van der Waals surface area contributed by atoms with Crippen molar-refractivity contribution in [1.29, 1.82) is 0 Å². The third-order valence-corrected chi connectivity index (χ3v) is 13.1. The van der Waals surface area contributed by atoms with Crippen LogP contribution in [0.15, 0.2) is 32.9 Å². The summed E-state index contributed by atoms with van der Waals surface area (Å²) in [7, 11) is -7.84. The van der Waals surface area contributed by atoms with E-state index in [4.69, 9.17) is 18.1 Å². The lowest BCUT2D eigenvalue weighted by Crippen LogP contribution is -2.29. The van der Waals surface area contributed by atoms with Crippen molar-refractivity contribution in [3.63, 3.8) is 0 Å². The van der Waals surface area contributed by atoms with Crippen LogP contribution in [0.25, 0.3) is 14.7 Å². The lowest BCUT2D eigenvalue weighted by molar-refractivity contribution is 0.226. The van der Waals surface area contributed by atoms with Crippen molar-refractivity contribution in [2.75, 3.05) is 26.4 Å². The third kappa shape index (κ3) is 7.04. The van der Waals surface area contributed by atoms with E-state index < -0.39 is 15.2 Å². The van der Waals surface area contributed by atoms with Crippen LogP contribution in [0.1, 0.15) is 32.6 Å². The second-order valence-corrected chi connectivity index (χ2v) is 16.2. The second kappa shape index (κ2) is 13.2. The molecular formula is C20H26Br2O6P2S3. The van der Waals surface area contributed by atoms with Gasteiger partial charge < -0.3 is 18.1 Å². The van der Waals surface area contributed by atoms with Gasteiger partial charge in [-0.1, -0.05) is 24.9 Å². The molecule has 0 bridgehead atoms. The predicted octanol–water partition coefficient (Wildman–Crippen LogP) is 8.59. The van der Waals surface area contributed by atoms with Crippen molar-refractivity contribution in [1.82, 2.24) is 0 Å². The van der Waals surface area contributed by atoms with Gasteiger partial charge in [0.05, 0.1) is 50.6 Å². The lowest BCUT2D eigenvalue weighted by atomic mass is 10.3. The first kappa shape index (κ1) is 29.7. The van der Waals surface area contributed by atoms with E-state index in [-0.39, 0.29) is 37.0 Å². The Hall–Kier alpha value is 0.490. The van der Waals surface area contributed by atoms with Gasteiger partial charge in [-0.15, -0.1) is 22.7 Å². The second-order valence-electron chi connectivity index (χ2n) is 6.11. The lowest BCUT2D eigenvalue weighted by Gasteiger charge is -2.23. The maximum atomic E-state index is 14.2. The molecule has 0 saturated heterocycles. The van der Waals surface area contributed by atoms with E-state index >= 15 is 0 Å². The summed E-state index contributed by atoms with van der Waals surface area (Å²) in [6.07, 6.45) is 0. The summed E-state index contributed by atoms with van der Waals surface area (Å²) in [6, 6.07) is 3.79. The van der Waals surface area contributed by atoms with Gasteiger partial charge in [0.25, 0.3) is 0 Å². The van der Waals surface area contributed by atoms with Gasteiger partial charge in [0.2, 0.25) is 0 Å². The Morgan fingerprint density at radius 2 is 1.39 bits per heavy atom. The molecule has 2 aromatic rings. The van der Waals surface area contributed by atoms with Crippen molar-refractivity contribution in [3.8, 4) is 9.75 Å². The number of thiophene rings is 2. The number of hydrogen-bond donors (Lipinski definition) is 0. The first-order valence-electron chi connectivity index (χ1n) is 10.00. The standard InChI is InChI=1S/C20H26Br2O6P2S3/c1-7-25-29(23,26-8-2)17-18(30(24,27-9-3)28-10-4)20(15-11-12-16(22)32-15)33-19(17)13(5)31-14(6)21/h11-12H,5-10H2,1-4H3. The Balaban J connectivity index is 3.04. The highest BCUT2D eigenvalue weighted by Gasteiger charge is 2.45. The maximum absolute atomic E-state index is 14.2. The summed E-state index contributed by atoms with van der Waals surface area (Å²) >= 11 is 10.9. The Morgan fingerprint density at radius 3 is 1.79 bits per heavy atom. The molecular weight excluding hydrogens is 654 g/mol. The van der Waals surface area contributed by atoms with E-state index in [9.17, 15) is 9.13 Å². The molecule has 0 radical (unpaired) electrons. The van der Waals surface area contributed by atoms with Gasteiger partial charge >= 0.3 is 15.2 Å². The van der Waals surface area contributed by atoms with Gasteiger partial charge in [0, 0.05) is 13.6 Å². The Labute approximate surface area is 224 Å². The van der Waals surface area contributed by atoms with E-state index in [1.165, 1.54) is 34.4 Å². The fraction of sp³-hybridized carbons (Fsp3) is 0.400. The van der Waals surface area contributed by atoms with Gasteiger partial charge in [0.1, 0.15) is 0 Å². The smallest absolute Gasteiger partial charge is 0.305 e. The highest BCUT2D eigenvalue weighted by molar-refractivity contribution is 9.14. The van der Waals surface area contributed by atoms with Gasteiger partial charge in [-0.05, 0) is 71.7 Å². The van der Waals surface area contributed by atoms with E-state index in [1.807, 2.05) is 12.1 Å². The summed E-state index contributed by atoms with van der Waals surface area (Å²) in [6.45, 7) is 15.5. The van der Waals surface area contributed by atoms with Crippen LogP contribution in [0.4, 0.5) is 0 Å². The molecule has 2 aromatic heterocycles. The predicted molar refractivity (Wildman–Crippen MR) is 151 cm³/mol. The summed E-state index contributed by atoms with van der Waals surface area (Å²) in [5.41, 5.74) is 0. The first-order valence-corrected chi connectivity index (χ1v) is 17.1. The zero-order valence-corrected chi connectivity index (χ0v) is 26.1. The fourth-order valence-corrected chi connectivity index (χ4v) is 12.2. The zero-order valence-electron chi connectivity index (χ0n) is 18.7. The molecule has 0 fully saturated rings. The van der Waals surface area contributed by atoms with Crippen molar-refractivity contribution in [2.24, 2.45) is 0 Å². The molecule has 0 N–H and O–H groups in total. The van der Waals surface area contributed by atoms with E-state index in [0.717, 1.165) is 8.66 Å². The number of thioether (sulfide) groups is 1. The van der Waals surface area contributed by atoms with Crippen molar-refractivity contribution in [2.45, 2.75) is 27.7 Å². The zero-order chi connectivity index (χ0) is 24.8. The summed E-state index contributed by atoms with van der Waals surface area (Å²) in [5.74, 6) is 0. The molecule has 0 spiro atoms. The minimum atomic E-state index is -3.93. The van der Waals surface area contributed by atoms with Crippen LogP contribution in [0.3, 0.4) is 0 Å². The summed E-state index contributed by atoms with van der Waals surface area (Å²) in [5, 5.41) is 0.375. The molecule has 0 saturated carbocycles. The molecule has 0 unspecified atom stereocenters. The Bertz CT molecular complexity index is 1080. The third-order valence-electron chi connectivity index (χ3n) is 3.89. The van der Waals surface area contributed by atoms with Crippen LogP contribution in [0, 0.1) is 0 Å². The van der Waals surface area contributed by atoms with Crippen LogP contribution in [0.2, 0.25) is 0 Å². The molecule has 0 aliphatic carbocycles. The van der Waals surface area contributed by atoms with Gasteiger partial charge in [0.15, 0.2) is 0 Å². The molecule has 0 aliphatic rings. The van der Waals surface area contributed by atoms with Crippen LogP contribution in [-0.4, -0.2) is 26.4 Å². The molecule has 184 valence electrons. The molecule has 0 amide bonds. The quantitative estimate of drug-likeness (QED) is 0.185. The molecule has 0 atom stereocenters. The topological polar surface area (TPSA) is 71.1 Å². The number of hydrogen-bond acceptors (Lipinski definition) is 9. The normalized spacial score (nSPS) is 12.3. The SMILES string of the molecule is C=C(Br)SC(=C)c1sc(-c2ccc(Br)s2)c(P(=O)(OCC)OCC)c1P(=O)(OCC)OCC. The van der Waals surface area contributed by atoms with Gasteiger partial charge in [-0.3, -0.25) is 9.13 Å². The Kier molecular flexibility index (Phi) is 11.8. The van der Waals surface area contributed by atoms with E-state index in [2.05, 4.69) is 45.0 Å². The van der Waals surface area contributed by atoms with Gasteiger partial charge in [-0.25, -0.2) is 0 Å². The van der Waals surface area contributed by atoms with Crippen molar-refractivity contribution >= 4 is 97.0 Å². The first-order chi connectivity index (χ1) is 15.6. The van der Waals surface area contributed by atoms with E-state index in [1.54, 1.807) is 27.7 Å². The minimum Gasteiger partial charge on any atom is -0.305 e.